The Balaban J connectivity index is 2.37. The number of anilines is 2. The van der Waals surface area contributed by atoms with Crippen LogP contribution in [0.3, 0.4) is 0 Å². The summed E-state index contributed by atoms with van der Waals surface area (Å²) in [4.78, 5) is 16.4. The fourth-order valence-corrected chi connectivity index (χ4v) is 3.40. The summed E-state index contributed by atoms with van der Waals surface area (Å²) in [5.41, 5.74) is 6.51. The number of hydrogen-bond donors (Lipinski definition) is 1. The molecule has 1 aromatic heterocycles. The quantitative estimate of drug-likeness (QED) is 0.910. The highest BCUT2D eigenvalue weighted by Gasteiger charge is 2.26. The van der Waals surface area contributed by atoms with Crippen LogP contribution in [0.15, 0.2) is 0 Å². The van der Waals surface area contributed by atoms with Crippen molar-refractivity contribution < 1.29 is 14.3 Å². The molecule has 0 radical (unpaired) electrons. The van der Waals surface area contributed by atoms with Crippen LogP contribution >= 0.6 is 11.3 Å². The van der Waals surface area contributed by atoms with Crippen LogP contribution in [0.5, 0.6) is 5.75 Å². The van der Waals surface area contributed by atoms with Gasteiger partial charge < -0.3 is 25.0 Å². The summed E-state index contributed by atoms with van der Waals surface area (Å²) >= 11 is 1.39. The van der Waals surface area contributed by atoms with Gasteiger partial charge in [0.2, 0.25) is 0 Å². The zero-order valence-corrected chi connectivity index (χ0v) is 13.0. The van der Waals surface area contributed by atoms with Crippen LogP contribution in [0, 0.1) is 0 Å². The highest BCUT2D eigenvalue weighted by molar-refractivity contribution is 7.19. The highest BCUT2D eigenvalue weighted by Crippen LogP contribution is 2.45. The number of rotatable bonds is 3. The molecule has 2 N–H and O–H groups in total. The molecular formula is C13H21N3O3S. The first-order valence-electron chi connectivity index (χ1n) is 6.56. The number of nitrogen functional groups attached to an aromatic ring is 1. The molecule has 1 aliphatic heterocycles. The Bertz CT molecular complexity index is 479. The minimum absolute atomic E-state index is 0.0943. The molecule has 0 aromatic carbocycles. The van der Waals surface area contributed by atoms with Crippen LogP contribution in [0.1, 0.15) is 16.1 Å². The SMILES string of the molecule is COc1c(N2CCCOCC2)sc(C(=O)N(C)C)c1N. The van der Waals surface area contributed by atoms with Gasteiger partial charge in [-0.2, -0.15) is 0 Å². The van der Waals surface area contributed by atoms with Crippen LogP contribution < -0.4 is 15.4 Å². The smallest absolute Gasteiger partial charge is 0.265 e. The van der Waals surface area contributed by atoms with Crippen molar-refractivity contribution in [1.29, 1.82) is 0 Å². The molecular weight excluding hydrogens is 278 g/mol. The monoisotopic (exact) mass is 299 g/mol. The number of carbonyl (C=O) groups excluding carboxylic acids is 1. The molecule has 6 nitrogen and oxygen atoms in total. The number of amides is 1. The van der Waals surface area contributed by atoms with Crippen molar-refractivity contribution in [3.63, 3.8) is 0 Å². The molecule has 0 unspecified atom stereocenters. The van der Waals surface area contributed by atoms with Crippen molar-refractivity contribution in [3.8, 4) is 5.75 Å². The minimum atomic E-state index is -0.0943. The Morgan fingerprint density at radius 1 is 1.40 bits per heavy atom. The van der Waals surface area contributed by atoms with E-state index in [1.54, 1.807) is 21.2 Å². The molecule has 1 fully saturated rings. The van der Waals surface area contributed by atoms with E-state index in [0.717, 1.165) is 31.1 Å². The fraction of sp³-hybridized carbons (Fsp3) is 0.615. The Labute approximate surface area is 123 Å². The number of carbonyl (C=O) groups is 1. The Morgan fingerprint density at radius 3 is 2.80 bits per heavy atom. The van der Waals surface area contributed by atoms with E-state index in [0.29, 0.717) is 22.9 Å². The van der Waals surface area contributed by atoms with Gasteiger partial charge in [0, 0.05) is 33.8 Å². The molecule has 7 heteroatoms. The minimum Gasteiger partial charge on any atom is -0.492 e. The largest absolute Gasteiger partial charge is 0.492 e. The zero-order chi connectivity index (χ0) is 14.7. The van der Waals surface area contributed by atoms with Gasteiger partial charge in [-0.05, 0) is 6.42 Å². The maximum absolute atomic E-state index is 12.2. The summed E-state index contributed by atoms with van der Waals surface area (Å²) in [6.07, 6.45) is 0.956. The molecule has 20 heavy (non-hydrogen) atoms. The van der Waals surface area contributed by atoms with E-state index >= 15 is 0 Å². The van der Waals surface area contributed by atoms with Gasteiger partial charge in [-0.1, -0.05) is 0 Å². The summed E-state index contributed by atoms with van der Waals surface area (Å²) in [7, 11) is 5.01. The van der Waals surface area contributed by atoms with Crippen LogP contribution in [-0.4, -0.2) is 58.3 Å². The van der Waals surface area contributed by atoms with Gasteiger partial charge in [-0.15, -0.1) is 11.3 Å². The predicted octanol–water partition coefficient (Wildman–Crippen LogP) is 1.27. The molecule has 1 aromatic rings. The second-order valence-corrected chi connectivity index (χ2v) is 5.83. The molecule has 2 rings (SSSR count). The first-order chi connectivity index (χ1) is 9.56. The molecule has 0 aliphatic carbocycles. The number of methoxy groups -OCH3 is 1. The number of ether oxygens (including phenoxy) is 2. The zero-order valence-electron chi connectivity index (χ0n) is 12.1. The molecule has 0 saturated carbocycles. The highest BCUT2D eigenvalue weighted by atomic mass is 32.1. The Kier molecular flexibility index (Phi) is 4.72. The van der Waals surface area contributed by atoms with E-state index in [9.17, 15) is 4.79 Å². The van der Waals surface area contributed by atoms with Gasteiger partial charge in [-0.25, -0.2) is 0 Å². The molecule has 1 amide bonds. The lowest BCUT2D eigenvalue weighted by Gasteiger charge is -2.20. The van der Waals surface area contributed by atoms with Crippen LogP contribution in [0.25, 0.3) is 0 Å². The molecule has 0 atom stereocenters. The van der Waals surface area contributed by atoms with Crippen LogP contribution in [0.4, 0.5) is 10.7 Å². The summed E-state index contributed by atoms with van der Waals surface area (Å²) in [5, 5.41) is 0.917. The van der Waals surface area contributed by atoms with Crippen molar-refractivity contribution in [1.82, 2.24) is 4.90 Å². The molecule has 112 valence electrons. The standard InChI is InChI=1S/C13H21N3O3S/c1-15(2)12(17)11-9(14)10(18-3)13(20-11)16-5-4-7-19-8-6-16/h4-8,14H2,1-3H3. The van der Waals surface area contributed by atoms with E-state index in [1.165, 1.54) is 16.2 Å². The number of nitrogens with zero attached hydrogens (tertiary/aromatic N) is 2. The lowest BCUT2D eigenvalue weighted by Crippen LogP contribution is -2.25. The summed E-state index contributed by atoms with van der Waals surface area (Å²) < 4.78 is 10.9. The summed E-state index contributed by atoms with van der Waals surface area (Å²) in [5.74, 6) is 0.505. The molecule has 2 heterocycles. The van der Waals surface area contributed by atoms with E-state index in [2.05, 4.69) is 4.90 Å². The van der Waals surface area contributed by atoms with Crippen LogP contribution in [-0.2, 0) is 4.74 Å². The third-order valence-corrected chi connectivity index (χ3v) is 4.43. The second-order valence-electron chi connectivity index (χ2n) is 4.84. The number of hydrogen-bond acceptors (Lipinski definition) is 6. The third-order valence-electron chi connectivity index (χ3n) is 3.20. The molecule has 1 saturated heterocycles. The average Bonchev–Trinajstić information content (AvgIpc) is 2.62. The normalized spacial score (nSPS) is 15.8. The maximum Gasteiger partial charge on any atom is 0.265 e. The number of nitrogens with two attached hydrogens (primary N) is 1. The molecule has 0 bridgehead atoms. The molecule has 1 aliphatic rings. The van der Waals surface area contributed by atoms with Crippen molar-refractivity contribution in [2.24, 2.45) is 0 Å². The van der Waals surface area contributed by atoms with Crippen molar-refractivity contribution in [2.45, 2.75) is 6.42 Å². The van der Waals surface area contributed by atoms with Gasteiger partial charge in [0.15, 0.2) is 5.75 Å². The first-order valence-corrected chi connectivity index (χ1v) is 7.38. The van der Waals surface area contributed by atoms with Crippen molar-refractivity contribution in [2.75, 3.05) is 58.1 Å². The number of thiophene rings is 1. The summed E-state index contributed by atoms with van der Waals surface area (Å²) in [6.45, 7) is 3.11. The van der Waals surface area contributed by atoms with Gasteiger partial charge in [0.1, 0.15) is 15.6 Å². The van der Waals surface area contributed by atoms with E-state index in [4.69, 9.17) is 15.2 Å². The van der Waals surface area contributed by atoms with Gasteiger partial charge in [0.25, 0.3) is 5.91 Å². The topological polar surface area (TPSA) is 68.0 Å². The van der Waals surface area contributed by atoms with E-state index in [1.807, 2.05) is 0 Å². The third kappa shape index (κ3) is 2.83. The fourth-order valence-electron chi connectivity index (χ4n) is 2.13. The van der Waals surface area contributed by atoms with E-state index < -0.39 is 0 Å². The van der Waals surface area contributed by atoms with Crippen LogP contribution in [0.2, 0.25) is 0 Å². The predicted molar refractivity (Wildman–Crippen MR) is 80.9 cm³/mol. The molecule has 0 spiro atoms. The van der Waals surface area contributed by atoms with Gasteiger partial charge in [-0.3, -0.25) is 4.79 Å². The first kappa shape index (κ1) is 14.9. The second kappa shape index (κ2) is 6.32. The van der Waals surface area contributed by atoms with Gasteiger partial charge >= 0.3 is 0 Å². The van der Waals surface area contributed by atoms with Crippen molar-refractivity contribution >= 4 is 27.9 Å². The Morgan fingerprint density at radius 2 is 2.15 bits per heavy atom. The van der Waals surface area contributed by atoms with Gasteiger partial charge in [0.05, 0.1) is 13.7 Å². The lowest BCUT2D eigenvalue weighted by molar-refractivity contribution is 0.0833. The average molecular weight is 299 g/mol. The van der Waals surface area contributed by atoms with E-state index in [-0.39, 0.29) is 5.91 Å². The van der Waals surface area contributed by atoms with Crippen molar-refractivity contribution in [3.05, 3.63) is 4.88 Å². The Hall–Kier alpha value is -1.47. The summed E-state index contributed by atoms with van der Waals surface area (Å²) in [6, 6.07) is 0. The maximum atomic E-state index is 12.2. The lowest BCUT2D eigenvalue weighted by atomic mass is 10.3.